The van der Waals surface area contributed by atoms with Crippen LogP contribution < -0.4 is 5.32 Å². The lowest BCUT2D eigenvalue weighted by Crippen LogP contribution is -2.23. The van der Waals surface area contributed by atoms with Crippen molar-refractivity contribution in [1.82, 2.24) is 20.3 Å². The Morgan fingerprint density at radius 3 is 2.74 bits per heavy atom. The first-order chi connectivity index (χ1) is 11.1. The summed E-state index contributed by atoms with van der Waals surface area (Å²) in [6.07, 6.45) is 1.60. The number of rotatable bonds is 5. The highest BCUT2D eigenvalue weighted by Gasteiger charge is 2.14. The quantitative estimate of drug-likeness (QED) is 0.785. The van der Waals surface area contributed by atoms with Gasteiger partial charge in [0.15, 0.2) is 0 Å². The predicted octanol–water partition coefficient (Wildman–Crippen LogP) is 2.47. The van der Waals surface area contributed by atoms with E-state index >= 15 is 0 Å². The molecule has 0 radical (unpaired) electrons. The first-order valence-electron chi connectivity index (χ1n) is 7.40. The van der Waals surface area contributed by atoms with Crippen LogP contribution >= 0.6 is 0 Å². The third-order valence-corrected chi connectivity index (χ3v) is 3.63. The van der Waals surface area contributed by atoms with Gasteiger partial charge in [0.25, 0.3) is 5.91 Å². The van der Waals surface area contributed by atoms with E-state index in [-0.39, 0.29) is 5.91 Å². The van der Waals surface area contributed by atoms with Crippen molar-refractivity contribution in [3.8, 4) is 0 Å². The van der Waals surface area contributed by atoms with E-state index in [0.29, 0.717) is 24.3 Å². The normalized spacial score (nSPS) is 10.7. The second-order valence-electron chi connectivity index (χ2n) is 5.40. The zero-order valence-corrected chi connectivity index (χ0v) is 13.1. The zero-order valence-electron chi connectivity index (χ0n) is 13.1. The molecule has 0 aliphatic heterocycles. The van der Waals surface area contributed by atoms with Gasteiger partial charge in [-0.15, -0.1) is 0 Å². The van der Waals surface area contributed by atoms with E-state index in [9.17, 15) is 4.79 Å². The summed E-state index contributed by atoms with van der Waals surface area (Å²) in [6.45, 7) is 4.68. The number of carbonyl (C=O) groups is 1. The Hall–Kier alpha value is -2.89. The smallest absolute Gasteiger partial charge is 0.255 e. The van der Waals surface area contributed by atoms with Gasteiger partial charge in [-0.2, -0.15) is 5.10 Å². The average molecular weight is 310 g/mol. The van der Waals surface area contributed by atoms with Gasteiger partial charge in [-0.1, -0.05) is 35.5 Å². The zero-order chi connectivity index (χ0) is 16.2. The van der Waals surface area contributed by atoms with Gasteiger partial charge in [0.2, 0.25) is 0 Å². The maximum Gasteiger partial charge on any atom is 0.255 e. The molecule has 0 atom stereocenters. The lowest BCUT2D eigenvalue weighted by Gasteiger charge is -2.06. The van der Waals surface area contributed by atoms with Gasteiger partial charge in [0.1, 0.15) is 11.5 Å². The van der Waals surface area contributed by atoms with Crippen LogP contribution in [0.5, 0.6) is 0 Å². The van der Waals surface area contributed by atoms with E-state index in [1.807, 2.05) is 48.9 Å². The molecule has 118 valence electrons. The van der Waals surface area contributed by atoms with Crippen molar-refractivity contribution in [2.45, 2.75) is 26.9 Å². The lowest BCUT2D eigenvalue weighted by atomic mass is 10.2. The SMILES string of the molecule is Cc1cc(CNC(=O)c2cnn(Cc3ccccc3)c2C)no1. The summed E-state index contributed by atoms with van der Waals surface area (Å²) in [4.78, 5) is 12.3. The summed E-state index contributed by atoms with van der Waals surface area (Å²) in [7, 11) is 0. The van der Waals surface area contributed by atoms with E-state index in [2.05, 4.69) is 15.6 Å². The van der Waals surface area contributed by atoms with Gasteiger partial charge in [-0.05, 0) is 19.4 Å². The van der Waals surface area contributed by atoms with E-state index < -0.39 is 0 Å². The van der Waals surface area contributed by atoms with Gasteiger partial charge in [-0.25, -0.2) is 0 Å². The molecule has 3 rings (SSSR count). The van der Waals surface area contributed by atoms with Crippen molar-refractivity contribution in [3.05, 3.63) is 70.9 Å². The van der Waals surface area contributed by atoms with Crippen LogP contribution in [-0.4, -0.2) is 20.8 Å². The van der Waals surface area contributed by atoms with Gasteiger partial charge >= 0.3 is 0 Å². The molecular formula is C17H18N4O2. The minimum absolute atomic E-state index is 0.164. The summed E-state index contributed by atoms with van der Waals surface area (Å²) in [5.41, 5.74) is 3.25. The predicted molar refractivity (Wildman–Crippen MR) is 84.9 cm³/mol. The molecule has 3 aromatic rings. The third-order valence-electron chi connectivity index (χ3n) is 3.63. The fraction of sp³-hybridized carbons (Fsp3) is 0.235. The minimum Gasteiger partial charge on any atom is -0.361 e. The van der Waals surface area contributed by atoms with E-state index in [4.69, 9.17) is 4.52 Å². The van der Waals surface area contributed by atoms with Crippen LogP contribution in [0.25, 0.3) is 0 Å². The number of nitrogens with one attached hydrogen (secondary N) is 1. The van der Waals surface area contributed by atoms with Crippen molar-refractivity contribution in [3.63, 3.8) is 0 Å². The van der Waals surface area contributed by atoms with E-state index in [1.54, 1.807) is 12.3 Å². The molecular weight excluding hydrogens is 292 g/mol. The van der Waals surface area contributed by atoms with Crippen LogP contribution in [0.4, 0.5) is 0 Å². The fourth-order valence-corrected chi connectivity index (χ4v) is 2.35. The molecule has 1 amide bonds. The second-order valence-corrected chi connectivity index (χ2v) is 5.40. The summed E-state index contributed by atoms with van der Waals surface area (Å²) < 4.78 is 6.80. The topological polar surface area (TPSA) is 73.0 Å². The van der Waals surface area contributed by atoms with Crippen molar-refractivity contribution in [2.24, 2.45) is 0 Å². The number of benzene rings is 1. The molecule has 0 spiro atoms. The molecule has 6 nitrogen and oxygen atoms in total. The molecule has 0 aliphatic carbocycles. The maximum absolute atomic E-state index is 12.3. The number of hydrogen-bond donors (Lipinski definition) is 1. The summed E-state index contributed by atoms with van der Waals surface area (Å²) in [5, 5.41) is 11.0. The molecule has 0 saturated carbocycles. The van der Waals surface area contributed by atoms with Gasteiger partial charge in [0.05, 0.1) is 24.8 Å². The largest absolute Gasteiger partial charge is 0.361 e. The molecule has 0 bridgehead atoms. The monoisotopic (exact) mass is 310 g/mol. The molecule has 0 fully saturated rings. The van der Waals surface area contributed by atoms with Crippen LogP contribution in [0.15, 0.2) is 47.1 Å². The molecule has 0 aliphatic rings. The summed E-state index contributed by atoms with van der Waals surface area (Å²) in [5.74, 6) is 0.559. The molecule has 0 unspecified atom stereocenters. The van der Waals surface area contributed by atoms with Gasteiger partial charge in [0, 0.05) is 11.8 Å². The van der Waals surface area contributed by atoms with Gasteiger partial charge < -0.3 is 9.84 Å². The van der Waals surface area contributed by atoms with Crippen LogP contribution in [0.3, 0.4) is 0 Å². The van der Waals surface area contributed by atoms with Crippen LogP contribution in [0.2, 0.25) is 0 Å². The molecule has 2 aromatic heterocycles. The van der Waals surface area contributed by atoms with Crippen LogP contribution in [0.1, 0.15) is 33.1 Å². The van der Waals surface area contributed by atoms with Crippen molar-refractivity contribution in [1.29, 1.82) is 0 Å². The first-order valence-corrected chi connectivity index (χ1v) is 7.40. The van der Waals surface area contributed by atoms with E-state index in [1.165, 1.54) is 0 Å². The first kappa shape index (κ1) is 15.0. The summed E-state index contributed by atoms with van der Waals surface area (Å²) >= 11 is 0. The molecule has 23 heavy (non-hydrogen) atoms. The Bertz CT molecular complexity index is 805. The van der Waals surface area contributed by atoms with Crippen molar-refractivity contribution < 1.29 is 9.32 Å². The number of aromatic nitrogens is 3. The van der Waals surface area contributed by atoms with E-state index in [0.717, 1.165) is 17.0 Å². The Balaban J connectivity index is 1.67. The number of nitrogens with zero attached hydrogens (tertiary/aromatic N) is 3. The Morgan fingerprint density at radius 1 is 1.26 bits per heavy atom. The standard InChI is InChI=1S/C17H18N4O2/c1-12-8-15(20-23-12)9-18-17(22)16-10-19-21(13(16)2)11-14-6-4-3-5-7-14/h3-8,10H,9,11H2,1-2H3,(H,18,22). The molecule has 1 aromatic carbocycles. The summed E-state index contributed by atoms with van der Waals surface area (Å²) in [6, 6.07) is 11.8. The third kappa shape index (κ3) is 3.48. The van der Waals surface area contributed by atoms with Crippen molar-refractivity contribution >= 4 is 5.91 Å². The number of aryl methyl sites for hydroxylation is 1. The van der Waals surface area contributed by atoms with Crippen molar-refractivity contribution in [2.75, 3.05) is 0 Å². The van der Waals surface area contributed by atoms with Gasteiger partial charge in [-0.3, -0.25) is 9.48 Å². The Morgan fingerprint density at radius 2 is 2.04 bits per heavy atom. The highest BCUT2D eigenvalue weighted by molar-refractivity contribution is 5.94. The molecule has 6 heteroatoms. The average Bonchev–Trinajstić information content (AvgIpc) is 3.13. The number of hydrogen-bond acceptors (Lipinski definition) is 4. The Kier molecular flexibility index (Phi) is 4.23. The van der Waals surface area contributed by atoms with Crippen LogP contribution in [0, 0.1) is 13.8 Å². The van der Waals surface area contributed by atoms with Crippen LogP contribution in [-0.2, 0) is 13.1 Å². The fourth-order valence-electron chi connectivity index (χ4n) is 2.35. The number of carbonyl (C=O) groups excluding carboxylic acids is 1. The highest BCUT2D eigenvalue weighted by Crippen LogP contribution is 2.10. The lowest BCUT2D eigenvalue weighted by molar-refractivity contribution is 0.0949. The second kappa shape index (κ2) is 6.48. The molecule has 2 heterocycles. The maximum atomic E-state index is 12.3. The molecule has 1 N–H and O–H groups in total. The highest BCUT2D eigenvalue weighted by atomic mass is 16.5. The minimum atomic E-state index is -0.164. The molecule has 0 saturated heterocycles. The Labute approximate surface area is 134 Å². The number of amides is 1.